The fraction of sp³-hybridized carbons (Fsp3) is 0.667. The number of epoxide rings is 1. The molecular formula is C9H15NO3. The molecule has 0 saturated carbocycles. The van der Waals surface area contributed by atoms with E-state index in [1.54, 1.807) is 0 Å². The predicted octanol–water partition coefficient (Wildman–Crippen LogP) is 0.741. The van der Waals surface area contributed by atoms with Crippen LogP contribution in [0.3, 0.4) is 0 Å². The molecule has 1 rings (SSSR count). The molecule has 1 fully saturated rings. The molecule has 74 valence electrons. The lowest BCUT2D eigenvalue weighted by atomic mass is 10.4. The van der Waals surface area contributed by atoms with E-state index in [4.69, 9.17) is 9.57 Å². The van der Waals surface area contributed by atoms with Crippen LogP contribution in [0.5, 0.6) is 0 Å². The van der Waals surface area contributed by atoms with E-state index in [0.29, 0.717) is 13.2 Å². The molecule has 1 atom stereocenters. The van der Waals surface area contributed by atoms with Crippen LogP contribution in [0.2, 0.25) is 0 Å². The van der Waals surface area contributed by atoms with Crippen LogP contribution < -0.4 is 0 Å². The van der Waals surface area contributed by atoms with Crippen LogP contribution >= 0.6 is 0 Å². The summed E-state index contributed by atoms with van der Waals surface area (Å²) in [6, 6.07) is 0. The SMILES string of the molecule is C=CC(=O)N(CCC)OCC1CO1. The first-order chi connectivity index (χ1) is 6.27. The molecule has 1 saturated heterocycles. The summed E-state index contributed by atoms with van der Waals surface area (Å²) in [5.41, 5.74) is 0. The van der Waals surface area contributed by atoms with Gasteiger partial charge in [-0.25, -0.2) is 5.06 Å². The zero-order valence-electron chi connectivity index (χ0n) is 7.86. The van der Waals surface area contributed by atoms with Crippen molar-refractivity contribution in [3.8, 4) is 0 Å². The Kier molecular flexibility index (Phi) is 3.92. The van der Waals surface area contributed by atoms with Crippen molar-refractivity contribution in [2.45, 2.75) is 19.4 Å². The number of ether oxygens (including phenoxy) is 1. The van der Waals surface area contributed by atoms with Crippen LogP contribution in [0.1, 0.15) is 13.3 Å². The fourth-order valence-corrected chi connectivity index (χ4v) is 0.881. The smallest absolute Gasteiger partial charge is 0.269 e. The maximum Gasteiger partial charge on any atom is 0.269 e. The monoisotopic (exact) mass is 185 g/mol. The minimum Gasteiger partial charge on any atom is -0.371 e. The second-order valence-corrected chi connectivity index (χ2v) is 2.90. The van der Waals surface area contributed by atoms with E-state index in [-0.39, 0.29) is 12.0 Å². The van der Waals surface area contributed by atoms with Gasteiger partial charge in [0.05, 0.1) is 6.61 Å². The van der Waals surface area contributed by atoms with E-state index in [2.05, 4.69) is 6.58 Å². The average molecular weight is 185 g/mol. The molecule has 0 aromatic carbocycles. The maximum absolute atomic E-state index is 11.2. The summed E-state index contributed by atoms with van der Waals surface area (Å²) in [6.45, 7) is 7.18. The summed E-state index contributed by atoms with van der Waals surface area (Å²) in [5, 5.41) is 1.33. The molecule has 0 bridgehead atoms. The quantitative estimate of drug-likeness (QED) is 0.348. The van der Waals surface area contributed by atoms with Crippen molar-refractivity contribution in [3.63, 3.8) is 0 Å². The molecule has 1 amide bonds. The van der Waals surface area contributed by atoms with Gasteiger partial charge in [-0.1, -0.05) is 13.5 Å². The molecule has 13 heavy (non-hydrogen) atoms. The van der Waals surface area contributed by atoms with Crippen molar-refractivity contribution in [2.75, 3.05) is 19.8 Å². The lowest BCUT2D eigenvalue weighted by Crippen LogP contribution is -2.31. The minimum atomic E-state index is -0.192. The number of hydrogen-bond acceptors (Lipinski definition) is 3. The summed E-state index contributed by atoms with van der Waals surface area (Å²) in [7, 11) is 0. The lowest BCUT2D eigenvalue weighted by Gasteiger charge is -2.18. The number of nitrogens with zero attached hydrogens (tertiary/aromatic N) is 1. The third kappa shape index (κ3) is 3.57. The average Bonchev–Trinajstić information content (AvgIpc) is 2.94. The predicted molar refractivity (Wildman–Crippen MR) is 47.9 cm³/mol. The van der Waals surface area contributed by atoms with Crippen molar-refractivity contribution in [1.29, 1.82) is 0 Å². The molecular weight excluding hydrogens is 170 g/mol. The minimum absolute atomic E-state index is 0.178. The van der Waals surface area contributed by atoms with Gasteiger partial charge in [0.15, 0.2) is 0 Å². The highest BCUT2D eigenvalue weighted by Crippen LogP contribution is 2.10. The van der Waals surface area contributed by atoms with Gasteiger partial charge in [-0.05, 0) is 12.5 Å². The zero-order chi connectivity index (χ0) is 9.68. The van der Waals surface area contributed by atoms with E-state index in [9.17, 15) is 4.79 Å². The topological polar surface area (TPSA) is 42.1 Å². The van der Waals surface area contributed by atoms with E-state index in [1.807, 2.05) is 6.92 Å². The zero-order valence-corrected chi connectivity index (χ0v) is 7.86. The van der Waals surface area contributed by atoms with E-state index < -0.39 is 0 Å². The van der Waals surface area contributed by atoms with Gasteiger partial charge in [-0.3, -0.25) is 9.63 Å². The van der Waals surface area contributed by atoms with Gasteiger partial charge in [0.2, 0.25) is 0 Å². The Balaban J connectivity index is 2.26. The van der Waals surface area contributed by atoms with Crippen LogP contribution in [-0.4, -0.2) is 36.8 Å². The summed E-state index contributed by atoms with van der Waals surface area (Å²) < 4.78 is 4.96. The summed E-state index contributed by atoms with van der Waals surface area (Å²) >= 11 is 0. The number of amides is 1. The van der Waals surface area contributed by atoms with Crippen molar-refractivity contribution < 1.29 is 14.4 Å². The molecule has 0 N–H and O–H groups in total. The Hall–Kier alpha value is -0.870. The lowest BCUT2D eigenvalue weighted by molar-refractivity contribution is -0.182. The Morgan fingerprint density at radius 3 is 3.00 bits per heavy atom. The fourth-order valence-electron chi connectivity index (χ4n) is 0.881. The highest BCUT2D eigenvalue weighted by Gasteiger charge is 2.24. The molecule has 0 radical (unpaired) electrons. The molecule has 1 aliphatic rings. The molecule has 4 heteroatoms. The molecule has 1 heterocycles. The first-order valence-electron chi connectivity index (χ1n) is 4.46. The normalized spacial score (nSPS) is 19.6. The van der Waals surface area contributed by atoms with E-state index in [0.717, 1.165) is 13.0 Å². The van der Waals surface area contributed by atoms with Gasteiger partial charge in [0.1, 0.15) is 12.7 Å². The summed E-state index contributed by atoms with van der Waals surface area (Å²) in [4.78, 5) is 16.4. The van der Waals surface area contributed by atoms with Crippen molar-refractivity contribution >= 4 is 5.91 Å². The number of hydroxylamine groups is 2. The maximum atomic E-state index is 11.2. The highest BCUT2D eigenvalue weighted by molar-refractivity contribution is 5.86. The number of rotatable bonds is 6. The standard InChI is InChI=1S/C9H15NO3/c1-3-5-10(9(11)4-2)13-7-8-6-12-8/h4,8H,2-3,5-7H2,1H3. The van der Waals surface area contributed by atoms with Crippen LogP contribution in [0.25, 0.3) is 0 Å². The second kappa shape index (κ2) is 4.99. The largest absolute Gasteiger partial charge is 0.371 e. The van der Waals surface area contributed by atoms with Crippen LogP contribution in [0, 0.1) is 0 Å². The Bertz CT molecular complexity index is 189. The molecule has 4 nitrogen and oxygen atoms in total. The van der Waals surface area contributed by atoms with Crippen LogP contribution in [0.4, 0.5) is 0 Å². The highest BCUT2D eigenvalue weighted by atomic mass is 16.7. The third-order valence-corrected chi connectivity index (χ3v) is 1.67. The number of hydrogen-bond donors (Lipinski definition) is 0. The first kappa shape index (κ1) is 10.2. The molecule has 1 unspecified atom stereocenters. The van der Waals surface area contributed by atoms with Gasteiger partial charge < -0.3 is 4.74 Å². The Morgan fingerprint density at radius 1 is 1.85 bits per heavy atom. The molecule has 0 aliphatic carbocycles. The molecule has 0 aromatic rings. The van der Waals surface area contributed by atoms with Gasteiger partial charge in [-0.15, -0.1) is 0 Å². The Labute approximate surface area is 78.1 Å². The van der Waals surface area contributed by atoms with Gasteiger partial charge in [-0.2, -0.15) is 0 Å². The van der Waals surface area contributed by atoms with Crippen molar-refractivity contribution in [2.24, 2.45) is 0 Å². The second-order valence-electron chi connectivity index (χ2n) is 2.90. The summed E-state index contributed by atoms with van der Waals surface area (Å²) in [6.07, 6.45) is 2.30. The van der Waals surface area contributed by atoms with Crippen molar-refractivity contribution in [1.82, 2.24) is 5.06 Å². The molecule has 1 aliphatic heterocycles. The van der Waals surface area contributed by atoms with Crippen LogP contribution in [0.15, 0.2) is 12.7 Å². The van der Waals surface area contributed by atoms with Gasteiger partial charge >= 0.3 is 0 Å². The Morgan fingerprint density at radius 2 is 2.54 bits per heavy atom. The molecule has 0 spiro atoms. The number of carbonyl (C=O) groups is 1. The third-order valence-electron chi connectivity index (χ3n) is 1.67. The van der Waals surface area contributed by atoms with Crippen molar-refractivity contribution in [3.05, 3.63) is 12.7 Å². The van der Waals surface area contributed by atoms with E-state index >= 15 is 0 Å². The molecule has 0 aromatic heterocycles. The first-order valence-corrected chi connectivity index (χ1v) is 4.46. The van der Waals surface area contributed by atoms with Gasteiger partial charge in [0, 0.05) is 6.54 Å². The summed E-state index contributed by atoms with van der Waals surface area (Å²) in [5.74, 6) is -0.192. The number of carbonyl (C=O) groups excluding carboxylic acids is 1. The van der Waals surface area contributed by atoms with Crippen LogP contribution in [-0.2, 0) is 14.4 Å². The van der Waals surface area contributed by atoms with Gasteiger partial charge in [0.25, 0.3) is 5.91 Å². The van der Waals surface area contributed by atoms with E-state index in [1.165, 1.54) is 11.1 Å².